The van der Waals surface area contributed by atoms with Crippen LogP contribution in [0.25, 0.3) is 0 Å². The molecule has 48 heavy (non-hydrogen) atoms. The van der Waals surface area contributed by atoms with Crippen LogP contribution in [0.1, 0.15) is 258 Å². The Balaban J connectivity index is 2.37. The maximum atomic E-state index is 13.9. The van der Waals surface area contributed by atoms with Crippen LogP contribution in [0.4, 0.5) is 0 Å². The van der Waals surface area contributed by atoms with Crippen LogP contribution in [0.5, 0.6) is 0 Å². The Morgan fingerprint density at radius 3 is 1.12 bits per heavy atom. The van der Waals surface area contributed by atoms with E-state index < -0.39 is 0 Å². The average Bonchev–Trinajstić information content (AvgIpc) is 3.51. The van der Waals surface area contributed by atoms with Crippen molar-refractivity contribution >= 4 is 11.7 Å². The summed E-state index contributed by atoms with van der Waals surface area (Å²) < 4.78 is 0.452. The van der Waals surface area contributed by atoms with E-state index in [1.807, 2.05) is 6.20 Å². The number of amidine groups is 1. The molecule has 1 aliphatic rings. The molecule has 0 bridgehead atoms. The minimum Gasteiger partial charge on any atom is -0.230 e. The monoisotopic (exact) mass is 672 g/mol. The van der Waals surface area contributed by atoms with E-state index in [9.17, 15) is 4.79 Å². The lowest BCUT2D eigenvalue weighted by Crippen LogP contribution is -2.52. The summed E-state index contributed by atoms with van der Waals surface area (Å²) in [6.45, 7) is 7.82. The standard InChI is InChI=1S/C45H87N2O/c1-4-7-10-13-16-19-21-23-24-26-29-32-35-38-42-47(45(48)40-37-34-31-27-18-15-12-9-6-3)43-41-46-44(47)39-36-33-30-28-25-22-20-17-14-11-8-5-2/h41,43H,4-40,42H2,1-3H3/q+1. The third-order valence-corrected chi connectivity index (χ3v) is 11.1. The van der Waals surface area contributed by atoms with Crippen molar-refractivity contribution in [2.45, 2.75) is 258 Å². The maximum Gasteiger partial charge on any atom is 0.324 e. The molecule has 1 amide bonds. The van der Waals surface area contributed by atoms with E-state index in [-0.39, 0.29) is 0 Å². The van der Waals surface area contributed by atoms with E-state index in [4.69, 9.17) is 4.99 Å². The highest BCUT2D eigenvalue weighted by Gasteiger charge is 2.41. The van der Waals surface area contributed by atoms with E-state index in [0.717, 1.165) is 38.1 Å². The number of nitrogens with zero attached hydrogens (tertiary/aromatic N) is 2. The average molecular weight is 672 g/mol. The molecule has 282 valence electrons. The molecule has 0 radical (unpaired) electrons. The van der Waals surface area contributed by atoms with Crippen molar-refractivity contribution < 1.29 is 9.28 Å². The maximum absolute atomic E-state index is 13.9. The van der Waals surface area contributed by atoms with Crippen molar-refractivity contribution in [2.24, 2.45) is 4.99 Å². The Labute approximate surface area is 302 Å². The lowest BCUT2D eigenvalue weighted by atomic mass is 10.0. The van der Waals surface area contributed by atoms with Gasteiger partial charge in [-0.05, 0) is 25.7 Å². The second-order valence-electron chi connectivity index (χ2n) is 15.6. The molecule has 0 saturated heterocycles. The summed E-state index contributed by atoms with van der Waals surface area (Å²) in [4.78, 5) is 18.8. The molecule has 0 saturated carbocycles. The predicted octanol–water partition coefficient (Wildman–Crippen LogP) is 15.7. The summed E-state index contributed by atoms with van der Waals surface area (Å²) in [5.41, 5.74) is 0. The quantitative estimate of drug-likeness (QED) is 0.0474. The Morgan fingerprint density at radius 2 is 0.750 bits per heavy atom. The molecule has 1 aliphatic heterocycles. The number of unbranched alkanes of at least 4 members (excludes halogenated alkanes) is 32. The molecule has 0 N–H and O–H groups in total. The first-order chi connectivity index (χ1) is 23.7. The fourth-order valence-corrected chi connectivity index (χ4v) is 7.71. The number of rotatable bonds is 38. The highest BCUT2D eigenvalue weighted by Crippen LogP contribution is 2.26. The van der Waals surface area contributed by atoms with Crippen LogP contribution >= 0.6 is 0 Å². The summed E-state index contributed by atoms with van der Waals surface area (Å²) in [6, 6.07) is 0. The number of quaternary nitrogens is 1. The van der Waals surface area contributed by atoms with Crippen LogP contribution in [-0.4, -0.2) is 22.8 Å². The summed E-state index contributed by atoms with van der Waals surface area (Å²) in [5.74, 6) is 1.57. The summed E-state index contributed by atoms with van der Waals surface area (Å²) >= 11 is 0. The van der Waals surface area contributed by atoms with Gasteiger partial charge in [0.1, 0.15) is 6.20 Å². The number of amides is 1. The third kappa shape index (κ3) is 24.2. The first kappa shape index (κ1) is 45.1. The second-order valence-corrected chi connectivity index (χ2v) is 15.6. The first-order valence-electron chi connectivity index (χ1n) is 22.4. The van der Waals surface area contributed by atoms with Crippen molar-refractivity contribution in [3.05, 3.63) is 12.4 Å². The lowest BCUT2D eigenvalue weighted by molar-refractivity contribution is -0.708. The Hall–Kier alpha value is -0.960. The molecule has 0 spiro atoms. The molecule has 3 nitrogen and oxygen atoms in total. The molecule has 3 heteroatoms. The number of hydrogen-bond acceptors (Lipinski definition) is 2. The summed E-state index contributed by atoms with van der Waals surface area (Å²) in [6.07, 6.45) is 53.2. The van der Waals surface area contributed by atoms with Gasteiger partial charge in [-0.2, -0.15) is 4.48 Å². The van der Waals surface area contributed by atoms with Crippen LogP contribution in [0, 0.1) is 0 Å². The molecule has 1 unspecified atom stereocenters. The normalized spacial score (nSPS) is 15.9. The van der Waals surface area contributed by atoms with Crippen LogP contribution < -0.4 is 0 Å². The van der Waals surface area contributed by atoms with Crippen LogP contribution in [0.15, 0.2) is 17.4 Å². The van der Waals surface area contributed by atoms with Crippen molar-refractivity contribution in [2.75, 3.05) is 6.54 Å². The molecular formula is C45H87N2O+. The molecule has 1 heterocycles. The Morgan fingerprint density at radius 1 is 0.438 bits per heavy atom. The van der Waals surface area contributed by atoms with E-state index in [0.29, 0.717) is 10.4 Å². The minimum atomic E-state index is 0.416. The highest BCUT2D eigenvalue weighted by atomic mass is 16.2. The lowest BCUT2D eigenvalue weighted by Gasteiger charge is -2.30. The Kier molecular flexibility index (Phi) is 32.4. The number of carbonyl (C=O) groups excluding carboxylic acids is 1. The van der Waals surface area contributed by atoms with Gasteiger partial charge < -0.3 is 0 Å². The molecule has 0 aromatic rings. The molecule has 1 rings (SSSR count). The van der Waals surface area contributed by atoms with Crippen LogP contribution in [0.3, 0.4) is 0 Å². The zero-order chi connectivity index (χ0) is 34.6. The fraction of sp³-hybridized carbons (Fsp3) is 0.911. The van der Waals surface area contributed by atoms with Gasteiger partial charge in [-0.1, -0.05) is 220 Å². The van der Waals surface area contributed by atoms with E-state index in [2.05, 4.69) is 27.0 Å². The molecule has 0 fully saturated rings. The molecule has 0 aliphatic carbocycles. The molecule has 0 aromatic heterocycles. The van der Waals surface area contributed by atoms with E-state index in [1.54, 1.807) is 0 Å². The summed E-state index contributed by atoms with van der Waals surface area (Å²) in [5, 5.41) is 0. The van der Waals surface area contributed by atoms with Crippen molar-refractivity contribution in [1.29, 1.82) is 0 Å². The van der Waals surface area contributed by atoms with E-state index in [1.165, 1.54) is 212 Å². The van der Waals surface area contributed by atoms with E-state index >= 15 is 0 Å². The molecule has 1 atom stereocenters. The number of carbonyl (C=O) groups is 1. The minimum absolute atomic E-state index is 0.416. The number of aliphatic imine (C=N–C) groups is 1. The molecule has 0 aromatic carbocycles. The number of hydrogen-bond donors (Lipinski definition) is 0. The zero-order valence-electron chi connectivity index (χ0n) is 33.3. The zero-order valence-corrected chi connectivity index (χ0v) is 33.3. The third-order valence-electron chi connectivity index (χ3n) is 11.1. The first-order valence-corrected chi connectivity index (χ1v) is 22.4. The van der Waals surface area contributed by atoms with Gasteiger partial charge in [-0.25, -0.2) is 9.79 Å². The van der Waals surface area contributed by atoms with Crippen LogP contribution in [-0.2, 0) is 4.79 Å². The Bertz CT molecular complexity index is 758. The SMILES string of the molecule is CCCCCCCCCCCCCCCC[N+]1(C(=O)CCCCCCCCCCC)C=CN=C1CCCCCCCCCCCCCC. The smallest absolute Gasteiger partial charge is 0.230 e. The van der Waals surface area contributed by atoms with Gasteiger partial charge >= 0.3 is 5.91 Å². The largest absolute Gasteiger partial charge is 0.324 e. The van der Waals surface area contributed by atoms with Gasteiger partial charge in [0.15, 0.2) is 0 Å². The van der Waals surface area contributed by atoms with Gasteiger partial charge in [-0.3, -0.25) is 0 Å². The topological polar surface area (TPSA) is 29.4 Å². The highest BCUT2D eigenvalue weighted by molar-refractivity contribution is 5.90. The molecular weight excluding hydrogens is 585 g/mol. The fourth-order valence-electron chi connectivity index (χ4n) is 7.71. The van der Waals surface area contributed by atoms with Crippen LogP contribution in [0.2, 0.25) is 0 Å². The van der Waals surface area contributed by atoms with Gasteiger partial charge in [0.2, 0.25) is 5.84 Å². The van der Waals surface area contributed by atoms with Crippen molar-refractivity contribution in [3.8, 4) is 0 Å². The van der Waals surface area contributed by atoms with Gasteiger partial charge in [0, 0.05) is 6.42 Å². The predicted molar refractivity (Wildman–Crippen MR) is 215 cm³/mol. The van der Waals surface area contributed by atoms with Gasteiger partial charge in [-0.15, -0.1) is 0 Å². The van der Waals surface area contributed by atoms with Gasteiger partial charge in [0.05, 0.1) is 19.2 Å². The summed E-state index contributed by atoms with van der Waals surface area (Å²) in [7, 11) is 0. The van der Waals surface area contributed by atoms with Gasteiger partial charge in [0.25, 0.3) is 0 Å². The van der Waals surface area contributed by atoms with Crippen molar-refractivity contribution in [3.63, 3.8) is 0 Å². The van der Waals surface area contributed by atoms with Crippen molar-refractivity contribution in [1.82, 2.24) is 0 Å². The second kappa shape index (κ2) is 34.5.